The van der Waals surface area contributed by atoms with Crippen LogP contribution in [0.2, 0.25) is 0 Å². The molecular weight excluding hydrogens is 312 g/mol. The van der Waals surface area contributed by atoms with Crippen molar-refractivity contribution in [1.82, 2.24) is 10.6 Å². The van der Waals surface area contributed by atoms with Gasteiger partial charge >= 0.3 is 5.97 Å². The van der Waals surface area contributed by atoms with Gasteiger partial charge in [-0.15, -0.1) is 0 Å². The Bertz CT molecular complexity index is 597. The van der Waals surface area contributed by atoms with Gasteiger partial charge in [0.15, 0.2) is 0 Å². The monoisotopic (exact) mass is 334 g/mol. The predicted molar refractivity (Wildman–Crippen MR) is 88.4 cm³/mol. The molecular formula is C16H22N4O4. The van der Waals surface area contributed by atoms with Crippen LogP contribution in [0.1, 0.15) is 18.4 Å². The van der Waals surface area contributed by atoms with Gasteiger partial charge in [-0.05, 0) is 37.1 Å². The van der Waals surface area contributed by atoms with Gasteiger partial charge in [-0.1, -0.05) is 12.1 Å². The highest BCUT2D eigenvalue weighted by atomic mass is 16.4. The molecule has 8 nitrogen and oxygen atoms in total. The molecule has 2 atom stereocenters. The first kappa shape index (κ1) is 17.9. The average Bonchev–Trinajstić information content (AvgIpc) is 3.10. The molecule has 0 aromatic heterocycles. The second-order valence-electron chi connectivity index (χ2n) is 5.70. The van der Waals surface area contributed by atoms with E-state index in [1.54, 1.807) is 24.3 Å². The van der Waals surface area contributed by atoms with Crippen LogP contribution in [0.5, 0.6) is 0 Å². The number of anilines is 1. The average molecular weight is 334 g/mol. The number of benzene rings is 1. The van der Waals surface area contributed by atoms with Crippen LogP contribution < -0.4 is 21.7 Å². The van der Waals surface area contributed by atoms with Gasteiger partial charge < -0.3 is 26.8 Å². The maximum absolute atomic E-state index is 12.1. The smallest absolute Gasteiger partial charge is 0.326 e. The van der Waals surface area contributed by atoms with E-state index in [1.807, 2.05) is 0 Å². The van der Waals surface area contributed by atoms with E-state index >= 15 is 0 Å². The van der Waals surface area contributed by atoms with Crippen LogP contribution >= 0.6 is 0 Å². The predicted octanol–water partition coefficient (Wildman–Crippen LogP) is -0.552. The van der Waals surface area contributed by atoms with E-state index in [4.69, 9.17) is 5.73 Å². The van der Waals surface area contributed by atoms with E-state index in [9.17, 15) is 19.5 Å². The summed E-state index contributed by atoms with van der Waals surface area (Å²) in [5, 5.41) is 17.5. The molecule has 2 amide bonds. The second-order valence-corrected chi connectivity index (χ2v) is 5.70. The number of amides is 2. The lowest BCUT2D eigenvalue weighted by atomic mass is 10.0. The lowest BCUT2D eigenvalue weighted by Gasteiger charge is -2.18. The number of nitrogens with two attached hydrogens (primary N) is 1. The van der Waals surface area contributed by atoms with Gasteiger partial charge in [0.05, 0.1) is 12.6 Å². The molecule has 0 aliphatic carbocycles. The number of hydrogen-bond donors (Lipinski definition) is 5. The Morgan fingerprint density at radius 2 is 2.00 bits per heavy atom. The Kier molecular flexibility index (Phi) is 6.28. The maximum Gasteiger partial charge on any atom is 0.326 e. The van der Waals surface area contributed by atoms with Gasteiger partial charge in [-0.2, -0.15) is 0 Å². The minimum Gasteiger partial charge on any atom is -0.480 e. The van der Waals surface area contributed by atoms with Crippen LogP contribution in [0.3, 0.4) is 0 Å². The van der Waals surface area contributed by atoms with E-state index in [1.165, 1.54) is 0 Å². The van der Waals surface area contributed by atoms with Crippen molar-refractivity contribution in [3.05, 3.63) is 29.8 Å². The molecule has 6 N–H and O–H groups in total. The normalized spacial score (nSPS) is 18.0. The molecule has 1 aromatic rings. The SMILES string of the molecule is NCC(=O)Nc1ccc(CC(NC(=O)C2CCCN2)C(=O)O)cc1. The Morgan fingerprint density at radius 1 is 1.29 bits per heavy atom. The topological polar surface area (TPSA) is 134 Å². The van der Waals surface area contributed by atoms with E-state index in [0.29, 0.717) is 12.1 Å². The van der Waals surface area contributed by atoms with Gasteiger partial charge in [-0.3, -0.25) is 9.59 Å². The van der Waals surface area contributed by atoms with E-state index in [-0.39, 0.29) is 30.8 Å². The molecule has 24 heavy (non-hydrogen) atoms. The van der Waals surface area contributed by atoms with Crippen LogP contribution in [0.25, 0.3) is 0 Å². The third-order valence-corrected chi connectivity index (χ3v) is 3.85. The van der Waals surface area contributed by atoms with E-state index in [0.717, 1.165) is 18.5 Å². The standard InChI is InChI=1S/C16H22N4O4/c17-9-14(21)19-11-5-3-10(4-6-11)8-13(16(23)24)20-15(22)12-2-1-7-18-12/h3-6,12-13,18H,1-2,7-9,17H2,(H,19,21)(H,20,22)(H,23,24). The van der Waals surface area contributed by atoms with Crippen molar-refractivity contribution in [2.45, 2.75) is 31.3 Å². The summed E-state index contributed by atoms with van der Waals surface area (Å²) in [6.07, 6.45) is 1.79. The van der Waals surface area contributed by atoms with Crippen LogP contribution in [0, 0.1) is 0 Å². The number of rotatable bonds is 7. The summed E-state index contributed by atoms with van der Waals surface area (Å²) in [6, 6.07) is 5.44. The zero-order valence-electron chi connectivity index (χ0n) is 13.2. The van der Waals surface area contributed by atoms with Crippen LogP contribution in [0.4, 0.5) is 5.69 Å². The number of aliphatic carboxylic acids is 1. The molecule has 1 aliphatic heterocycles. The molecule has 0 bridgehead atoms. The number of carbonyl (C=O) groups is 3. The Morgan fingerprint density at radius 3 is 2.54 bits per heavy atom. The highest BCUT2D eigenvalue weighted by molar-refractivity contribution is 5.92. The summed E-state index contributed by atoms with van der Waals surface area (Å²) in [5.41, 5.74) is 6.55. The molecule has 1 aromatic carbocycles. The van der Waals surface area contributed by atoms with Crippen LogP contribution in [0.15, 0.2) is 24.3 Å². The zero-order valence-corrected chi connectivity index (χ0v) is 13.2. The van der Waals surface area contributed by atoms with Crippen molar-refractivity contribution in [3.8, 4) is 0 Å². The number of nitrogens with one attached hydrogen (secondary N) is 3. The summed E-state index contributed by atoms with van der Waals surface area (Å²) in [6.45, 7) is 0.663. The van der Waals surface area contributed by atoms with Gasteiger partial charge in [0.25, 0.3) is 0 Å². The Labute approximate surface area is 139 Å². The van der Waals surface area contributed by atoms with Gasteiger partial charge in [0, 0.05) is 12.1 Å². The van der Waals surface area contributed by atoms with Gasteiger partial charge in [-0.25, -0.2) is 4.79 Å². The number of hydrogen-bond acceptors (Lipinski definition) is 5. The summed E-state index contributed by atoms with van der Waals surface area (Å²) in [7, 11) is 0. The number of carboxylic acids is 1. The molecule has 1 saturated heterocycles. The van der Waals surface area contributed by atoms with Crippen LogP contribution in [-0.4, -0.2) is 48.1 Å². The highest BCUT2D eigenvalue weighted by Gasteiger charge is 2.27. The third-order valence-electron chi connectivity index (χ3n) is 3.85. The summed E-state index contributed by atoms with van der Waals surface area (Å²) >= 11 is 0. The largest absolute Gasteiger partial charge is 0.480 e. The molecule has 130 valence electrons. The summed E-state index contributed by atoms with van der Waals surface area (Å²) in [4.78, 5) is 34.7. The molecule has 0 radical (unpaired) electrons. The van der Waals surface area contributed by atoms with Crippen molar-refractivity contribution in [2.75, 3.05) is 18.4 Å². The first-order valence-electron chi connectivity index (χ1n) is 7.85. The first-order chi connectivity index (χ1) is 11.5. The fourth-order valence-electron chi connectivity index (χ4n) is 2.55. The fraction of sp³-hybridized carbons (Fsp3) is 0.438. The number of carboxylic acid groups (broad SMARTS) is 1. The fourth-order valence-corrected chi connectivity index (χ4v) is 2.55. The molecule has 0 saturated carbocycles. The van der Waals surface area contributed by atoms with Crippen molar-refractivity contribution in [1.29, 1.82) is 0 Å². The van der Waals surface area contributed by atoms with Crippen LogP contribution in [-0.2, 0) is 20.8 Å². The highest BCUT2D eigenvalue weighted by Crippen LogP contribution is 2.12. The van der Waals surface area contributed by atoms with Crippen molar-refractivity contribution in [2.24, 2.45) is 5.73 Å². The minimum atomic E-state index is -1.08. The summed E-state index contributed by atoms with van der Waals surface area (Å²) < 4.78 is 0. The lowest BCUT2D eigenvalue weighted by molar-refractivity contribution is -0.142. The molecule has 2 unspecified atom stereocenters. The molecule has 1 heterocycles. The quantitative estimate of drug-likeness (QED) is 0.454. The van der Waals surface area contributed by atoms with Crippen molar-refractivity contribution in [3.63, 3.8) is 0 Å². The molecule has 1 aliphatic rings. The van der Waals surface area contributed by atoms with Gasteiger partial charge in [0.2, 0.25) is 11.8 Å². The molecule has 2 rings (SSSR count). The minimum absolute atomic E-state index is 0.107. The third kappa shape index (κ3) is 5.04. The molecule has 8 heteroatoms. The maximum atomic E-state index is 12.1. The number of carbonyl (C=O) groups excluding carboxylic acids is 2. The van der Waals surface area contributed by atoms with Crippen molar-refractivity contribution >= 4 is 23.5 Å². The van der Waals surface area contributed by atoms with Crippen molar-refractivity contribution < 1.29 is 19.5 Å². The van der Waals surface area contributed by atoms with E-state index < -0.39 is 12.0 Å². The summed E-state index contributed by atoms with van der Waals surface area (Å²) in [5.74, 6) is -1.67. The Hall–Kier alpha value is -2.45. The van der Waals surface area contributed by atoms with E-state index in [2.05, 4.69) is 16.0 Å². The van der Waals surface area contributed by atoms with Gasteiger partial charge in [0.1, 0.15) is 6.04 Å². The molecule has 1 fully saturated rings. The molecule has 0 spiro atoms. The first-order valence-corrected chi connectivity index (χ1v) is 7.85. The Balaban J connectivity index is 1.95. The second kappa shape index (κ2) is 8.42. The lowest BCUT2D eigenvalue weighted by Crippen LogP contribution is -2.49. The zero-order chi connectivity index (χ0) is 17.5.